The van der Waals surface area contributed by atoms with E-state index < -0.39 is 0 Å². The molecule has 1 aromatic carbocycles. The number of aromatic nitrogens is 1. The Morgan fingerprint density at radius 3 is 2.53 bits per heavy atom. The fourth-order valence-corrected chi connectivity index (χ4v) is 1.52. The van der Waals surface area contributed by atoms with Crippen molar-refractivity contribution in [2.75, 3.05) is 5.73 Å². The highest BCUT2D eigenvalue weighted by Gasteiger charge is 2.01. The van der Waals surface area contributed by atoms with Crippen LogP contribution in [0.4, 0.5) is 5.69 Å². The van der Waals surface area contributed by atoms with Crippen molar-refractivity contribution in [1.82, 2.24) is 4.98 Å². The first kappa shape index (κ1) is 9.98. The summed E-state index contributed by atoms with van der Waals surface area (Å²) in [5.41, 5.74) is 6.40. The van der Waals surface area contributed by atoms with Gasteiger partial charge in [0.15, 0.2) is 0 Å². The van der Waals surface area contributed by atoms with Crippen LogP contribution < -0.4 is 10.5 Å². The van der Waals surface area contributed by atoms with Crippen LogP contribution in [0.5, 0.6) is 11.5 Å². The van der Waals surface area contributed by atoms with Gasteiger partial charge in [-0.2, -0.15) is 0 Å². The summed E-state index contributed by atoms with van der Waals surface area (Å²) in [5.74, 6) is 1.36. The monoisotopic (exact) mass is 264 g/mol. The Morgan fingerprint density at radius 2 is 1.87 bits per heavy atom. The minimum Gasteiger partial charge on any atom is -0.455 e. The molecule has 0 saturated carbocycles. The maximum atomic E-state index is 5.80. The Morgan fingerprint density at radius 1 is 1.13 bits per heavy atom. The van der Waals surface area contributed by atoms with Crippen LogP contribution in [0.25, 0.3) is 0 Å². The average molecular weight is 265 g/mol. The number of halogens is 1. The first-order valence-corrected chi connectivity index (χ1v) is 5.18. The van der Waals surface area contributed by atoms with Gasteiger partial charge in [-0.15, -0.1) is 0 Å². The van der Waals surface area contributed by atoms with E-state index >= 15 is 0 Å². The molecule has 0 amide bonds. The summed E-state index contributed by atoms with van der Waals surface area (Å²) >= 11 is 3.34. The Balaban J connectivity index is 2.25. The zero-order valence-electron chi connectivity index (χ0n) is 7.85. The second kappa shape index (κ2) is 4.31. The number of nitrogen functional groups attached to an aromatic ring is 1. The third kappa shape index (κ3) is 2.47. The largest absolute Gasteiger partial charge is 0.455 e. The molecule has 0 atom stereocenters. The number of anilines is 1. The third-order valence-corrected chi connectivity index (χ3v) is 2.34. The van der Waals surface area contributed by atoms with Gasteiger partial charge in [-0.3, -0.25) is 4.98 Å². The highest BCUT2D eigenvalue weighted by molar-refractivity contribution is 9.10. The number of hydrogen-bond donors (Lipinski definition) is 1. The molecular weight excluding hydrogens is 256 g/mol. The number of hydrogen-bond acceptors (Lipinski definition) is 3. The van der Waals surface area contributed by atoms with Crippen LogP contribution in [0.15, 0.2) is 47.2 Å². The molecule has 0 saturated heterocycles. The minimum absolute atomic E-state index is 0.598. The van der Waals surface area contributed by atoms with Crippen molar-refractivity contribution in [2.24, 2.45) is 0 Å². The van der Waals surface area contributed by atoms with Gasteiger partial charge in [-0.05, 0) is 30.3 Å². The molecule has 4 heteroatoms. The van der Waals surface area contributed by atoms with Gasteiger partial charge in [0.2, 0.25) is 0 Å². The van der Waals surface area contributed by atoms with E-state index in [0.717, 1.165) is 10.2 Å². The molecule has 0 aliphatic carbocycles. The number of rotatable bonds is 2. The van der Waals surface area contributed by atoms with Gasteiger partial charge in [0.1, 0.15) is 11.5 Å². The van der Waals surface area contributed by atoms with E-state index in [1.165, 1.54) is 0 Å². The van der Waals surface area contributed by atoms with Gasteiger partial charge >= 0.3 is 0 Å². The molecular formula is C11H9BrN2O. The first-order valence-electron chi connectivity index (χ1n) is 4.38. The normalized spacial score (nSPS) is 9.93. The maximum Gasteiger partial charge on any atom is 0.150 e. The Bertz CT molecular complexity index is 459. The lowest BCUT2D eigenvalue weighted by molar-refractivity contribution is 0.484. The van der Waals surface area contributed by atoms with E-state index in [2.05, 4.69) is 20.9 Å². The summed E-state index contributed by atoms with van der Waals surface area (Å²) in [6, 6.07) is 9.06. The number of pyridine rings is 1. The topological polar surface area (TPSA) is 48.1 Å². The summed E-state index contributed by atoms with van der Waals surface area (Å²) in [6.07, 6.45) is 3.34. The molecule has 2 rings (SSSR count). The molecule has 0 bridgehead atoms. The zero-order chi connectivity index (χ0) is 10.7. The SMILES string of the molecule is Nc1cc(Br)ccc1Oc1ccncc1. The second-order valence-electron chi connectivity index (χ2n) is 2.97. The number of benzene rings is 1. The first-order chi connectivity index (χ1) is 7.25. The Labute approximate surface area is 96.0 Å². The number of nitrogens with two attached hydrogens (primary N) is 1. The van der Waals surface area contributed by atoms with Gasteiger partial charge in [-0.25, -0.2) is 0 Å². The standard InChI is InChI=1S/C11H9BrN2O/c12-8-1-2-11(10(13)7-8)15-9-3-5-14-6-4-9/h1-7H,13H2. The molecule has 0 spiro atoms. The molecule has 0 radical (unpaired) electrons. The van der Waals surface area contributed by atoms with Crippen molar-refractivity contribution in [1.29, 1.82) is 0 Å². The second-order valence-corrected chi connectivity index (χ2v) is 3.88. The highest BCUT2D eigenvalue weighted by atomic mass is 79.9. The fourth-order valence-electron chi connectivity index (χ4n) is 1.15. The van der Waals surface area contributed by atoms with Crippen LogP contribution >= 0.6 is 15.9 Å². The van der Waals surface area contributed by atoms with E-state index in [1.807, 2.05) is 12.1 Å². The molecule has 2 aromatic rings. The van der Waals surface area contributed by atoms with Crippen molar-refractivity contribution in [2.45, 2.75) is 0 Å². The van der Waals surface area contributed by atoms with Crippen LogP contribution in [0.2, 0.25) is 0 Å². The van der Waals surface area contributed by atoms with Crippen LogP contribution in [-0.4, -0.2) is 4.98 Å². The molecule has 0 fully saturated rings. The lowest BCUT2D eigenvalue weighted by Gasteiger charge is -2.07. The summed E-state index contributed by atoms with van der Waals surface area (Å²) in [4.78, 5) is 3.90. The van der Waals surface area contributed by atoms with Crippen molar-refractivity contribution in [3.05, 3.63) is 47.2 Å². The summed E-state index contributed by atoms with van der Waals surface area (Å²) in [5, 5.41) is 0. The Kier molecular flexibility index (Phi) is 2.87. The fraction of sp³-hybridized carbons (Fsp3) is 0. The molecule has 76 valence electrons. The Hall–Kier alpha value is -1.55. The number of ether oxygens (including phenoxy) is 1. The molecule has 0 aliphatic heterocycles. The van der Waals surface area contributed by atoms with Crippen molar-refractivity contribution in [3.63, 3.8) is 0 Å². The van der Waals surface area contributed by atoms with E-state index in [1.54, 1.807) is 30.6 Å². The van der Waals surface area contributed by atoms with Crippen molar-refractivity contribution in [3.8, 4) is 11.5 Å². The van der Waals surface area contributed by atoms with Crippen molar-refractivity contribution < 1.29 is 4.74 Å². The van der Waals surface area contributed by atoms with Gasteiger partial charge in [0, 0.05) is 16.9 Å². The number of nitrogens with zero attached hydrogens (tertiary/aromatic N) is 1. The van der Waals surface area contributed by atoms with Gasteiger partial charge in [0.25, 0.3) is 0 Å². The van der Waals surface area contributed by atoms with E-state index in [0.29, 0.717) is 11.4 Å². The predicted octanol–water partition coefficient (Wildman–Crippen LogP) is 3.22. The molecule has 3 nitrogen and oxygen atoms in total. The average Bonchev–Trinajstić information content (AvgIpc) is 2.24. The maximum absolute atomic E-state index is 5.80. The van der Waals surface area contributed by atoms with Gasteiger partial charge in [0.05, 0.1) is 5.69 Å². The third-order valence-electron chi connectivity index (χ3n) is 1.85. The molecule has 0 unspecified atom stereocenters. The van der Waals surface area contributed by atoms with Gasteiger partial charge in [-0.1, -0.05) is 15.9 Å². The minimum atomic E-state index is 0.598. The van der Waals surface area contributed by atoms with Crippen LogP contribution in [0.3, 0.4) is 0 Å². The summed E-state index contributed by atoms with van der Waals surface area (Å²) < 4.78 is 6.51. The predicted molar refractivity (Wildman–Crippen MR) is 62.9 cm³/mol. The molecule has 15 heavy (non-hydrogen) atoms. The quantitative estimate of drug-likeness (QED) is 0.848. The van der Waals surface area contributed by atoms with E-state index in [-0.39, 0.29) is 0 Å². The van der Waals surface area contributed by atoms with Crippen LogP contribution in [0, 0.1) is 0 Å². The van der Waals surface area contributed by atoms with Crippen LogP contribution in [-0.2, 0) is 0 Å². The van der Waals surface area contributed by atoms with Gasteiger partial charge < -0.3 is 10.5 Å². The molecule has 0 aliphatic rings. The van der Waals surface area contributed by atoms with E-state index in [4.69, 9.17) is 10.5 Å². The lowest BCUT2D eigenvalue weighted by atomic mass is 10.3. The zero-order valence-corrected chi connectivity index (χ0v) is 9.44. The highest BCUT2D eigenvalue weighted by Crippen LogP contribution is 2.29. The molecule has 1 heterocycles. The van der Waals surface area contributed by atoms with Crippen LogP contribution in [0.1, 0.15) is 0 Å². The lowest BCUT2D eigenvalue weighted by Crippen LogP contribution is -1.91. The van der Waals surface area contributed by atoms with Crippen molar-refractivity contribution >= 4 is 21.6 Å². The van der Waals surface area contributed by atoms with E-state index in [9.17, 15) is 0 Å². The summed E-state index contributed by atoms with van der Waals surface area (Å²) in [6.45, 7) is 0. The smallest absolute Gasteiger partial charge is 0.150 e. The summed E-state index contributed by atoms with van der Waals surface area (Å²) in [7, 11) is 0. The molecule has 2 N–H and O–H groups in total. The molecule has 1 aromatic heterocycles.